The van der Waals surface area contributed by atoms with E-state index in [1.807, 2.05) is 93.8 Å². The molecule has 5 aromatic heterocycles. The van der Waals surface area contributed by atoms with Gasteiger partial charge >= 0.3 is 0 Å². The zero-order valence-corrected chi connectivity index (χ0v) is 28.4. The first-order valence-electron chi connectivity index (χ1n) is 16.1. The first kappa shape index (κ1) is 33.5. The third-order valence-corrected chi connectivity index (χ3v) is 8.71. The Morgan fingerprint density at radius 1 is 0.620 bits per heavy atom. The standard InChI is InChI=1S/C24H21N3O2.C17H14N2O2/c1-15-11-12-21(26-17(15)3)24(29)20-14-27(13-18-8-6-7-16(2)25-18)22-10-5-4-9-19(22)23(20)28;1-10-7-8-15(19-11(10)2)17(21)13-9-18-14-6-4-3-5-12(14)16(13)20/h4-12,14H,13H2,1-3H3;3-9H,1-2H3,(H,18,20). The summed E-state index contributed by atoms with van der Waals surface area (Å²) < 4.78 is 1.91. The molecule has 9 heteroatoms. The molecule has 7 rings (SSSR count). The lowest BCUT2D eigenvalue weighted by Gasteiger charge is -2.13. The zero-order chi connectivity index (χ0) is 35.5. The fourth-order valence-electron chi connectivity index (χ4n) is 5.63. The third-order valence-electron chi connectivity index (χ3n) is 8.71. The first-order chi connectivity index (χ1) is 24.0. The Balaban J connectivity index is 0.000000182. The highest BCUT2D eigenvalue weighted by molar-refractivity contribution is 6.09. The van der Waals surface area contributed by atoms with Crippen LogP contribution in [0.3, 0.4) is 0 Å². The number of aromatic amines is 1. The molecule has 0 aliphatic rings. The number of carbonyl (C=O) groups excluding carboxylic acids is 2. The second kappa shape index (κ2) is 14.0. The van der Waals surface area contributed by atoms with Crippen LogP contribution in [0.4, 0.5) is 0 Å². The number of hydrogen-bond acceptors (Lipinski definition) is 7. The van der Waals surface area contributed by atoms with Gasteiger partial charge in [-0.1, -0.05) is 42.5 Å². The summed E-state index contributed by atoms with van der Waals surface area (Å²) in [6.07, 6.45) is 3.09. The van der Waals surface area contributed by atoms with Gasteiger partial charge in [-0.3, -0.25) is 24.2 Å². The number of aromatic nitrogens is 5. The number of H-pyrrole nitrogens is 1. The van der Waals surface area contributed by atoms with E-state index in [9.17, 15) is 19.2 Å². The summed E-state index contributed by atoms with van der Waals surface area (Å²) in [6.45, 7) is 9.97. The number of hydrogen-bond donors (Lipinski definition) is 1. The Morgan fingerprint density at radius 3 is 1.84 bits per heavy atom. The van der Waals surface area contributed by atoms with Gasteiger partial charge in [0.1, 0.15) is 11.4 Å². The van der Waals surface area contributed by atoms with E-state index < -0.39 is 0 Å². The van der Waals surface area contributed by atoms with Gasteiger partial charge in [-0.05, 0) is 94.3 Å². The van der Waals surface area contributed by atoms with Crippen LogP contribution in [0.15, 0.2) is 113 Å². The lowest BCUT2D eigenvalue weighted by molar-refractivity contribution is 0.102. The maximum Gasteiger partial charge on any atom is 0.216 e. The molecule has 0 unspecified atom stereocenters. The van der Waals surface area contributed by atoms with Gasteiger partial charge in [0.2, 0.25) is 22.4 Å². The van der Waals surface area contributed by atoms with Crippen LogP contribution in [-0.2, 0) is 6.54 Å². The fourth-order valence-corrected chi connectivity index (χ4v) is 5.63. The van der Waals surface area contributed by atoms with Crippen molar-refractivity contribution in [2.75, 3.05) is 0 Å². The molecule has 0 atom stereocenters. The lowest BCUT2D eigenvalue weighted by atomic mass is 10.0. The zero-order valence-electron chi connectivity index (χ0n) is 28.4. The average Bonchev–Trinajstić information content (AvgIpc) is 3.12. The van der Waals surface area contributed by atoms with E-state index in [1.54, 1.807) is 42.6 Å². The molecule has 0 spiro atoms. The smallest absolute Gasteiger partial charge is 0.216 e. The molecule has 0 aliphatic carbocycles. The fraction of sp³-hybridized carbons (Fsp3) is 0.146. The highest BCUT2D eigenvalue weighted by atomic mass is 16.1. The number of para-hydroxylation sites is 2. The third kappa shape index (κ3) is 6.79. The summed E-state index contributed by atoms with van der Waals surface area (Å²) in [7, 11) is 0. The van der Waals surface area contributed by atoms with Crippen molar-refractivity contribution in [2.45, 2.75) is 41.2 Å². The number of benzene rings is 2. The predicted octanol–water partition coefficient (Wildman–Crippen LogP) is 6.77. The van der Waals surface area contributed by atoms with Crippen LogP contribution >= 0.6 is 0 Å². The molecule has 0 saturated heterocycles. The topological polar surface area (TPSA) is 128 Å². The molecule has 1 N–H and O–H groups in total. The Bertz CT molecular complexity index is 2570. The van der Waals surface area contributed by atoms with E-state index in [0.29, 0.717) is 28.5 Å². The molecule has 0 amide bonds. The normalized spacial score (nSPS) is 10.9. The van der Waals surface area contributed by atoms with Crippen molar-refractivity contribution >= 4 is 33.4 Å². The maximum absolute atomic E-state index is 13.1. The number of nitrogens with one attached hydrogen (secondary N) is 1. The number of fused-ring (bicyclic) bond motifs is 2. The van der Waals surface area contributed by atoms with Crippen LogP contribution in [0.1, 0.15) is 66.0 Å². The van der Waals surface area contributed by atoms with E-state index in [1.165, 1.54) is 6.20 Å². The largest absolute Gasteiger partial charge is 0.360 e. The molecule has 0 aliphatic heterocycles. The first-order valence-corrected chi connectivity index (χ1v) is 16.1. The Kier molecular flexibility index (Phi) is 9.41. The van der Waals surface area contributed by atoms with Crippen molar-refractivity contribution in [2.24, 2.45) is 0 Å². The molecule has 0 saturated carbocycles. The molecular formula is C41H35N5O4. The van der Waals surface area contributed by atoms with E-state index in [4.69, 9.17) is 0 Å². The van der Waals surface area contributed by atoms with Gasteiger partial charge in [0.05, 0.1) is 28.9 Å². The van der Waals surface area contributed by atoms with Crippen LogP contribution in [0, 0.1) is 34.6 Å². The predicted molar refractivity (Wildman–Crippen MR) is 195 cm³/mol. The lowest BCUT2D eigenvalue weighted by Crippen LogP contribution is -2.21. The number of carbonyl (C=O) groups is 2. The summed E-state index contributed by atoms with van der Waals surface area (Å²) in [5.41, 5.74) is 7.10. The van der Waals surface area contributed by atoms with E-state index in [0.717, 1.165) is 39.4 Å². The number of ketones is 2. The van der Waals surface area contributed by atoms with Gasteiger partial charge in [0.15, 0.2) is 0 Å². The molecule has 0 bridgehead atoms. The van der Waals surface area contributed by atoms with Gasteiger partial charge in [0, 0.05) is 45.8 Å². The SMILES string of the molecule is Cc1ccc(C(=O)c2c[nH]c3ccccc3c2=O)nc1C.Cc1cccc(Cn2cc(C(=O)c3ccc(C)c(C)n3)c(=O)c3ccccc32)n1. The second-order valence-corrected chi connectivity index (χ2v) is 12.2. The van der Waals surface area contributed by atoms with Crippen molar-refractivity contribution in [1.82, 2.24) is 24.5 Å². The molecule has 0 radical (unpaired) electrons. The quantitative estimate of drug-likeness (QED) is 0.195. The molecule has 50 heavy (non-hydrogen) atoms. The van der Waals surface area contributed by atoms with Crippen LogP contribution in [0.25, 0.3) is 21.8 Å². The van der Waals surface area contributed by atoms with Gasteiger partial charge in [-0.25, -0.2) is 9.97 Å². The summed E-state index contributed by atoms with van der Waals surface area (Å²) in [5, 5.41) is 1.02. The molecule has 5 heterocycles. The Labute approximate surface area is 288 Å². The number of nitrogens with zero attached hydrogens (tertiary/aromatic N) is 4. The van der Waals surface area contributed by atoms with E-state index in [2.05, 4.69) is 19.9 Å². The van der Waals surface area contributed by atoms with Crippen molar-refractivity contribution in [3.05, 3.63) is 180 Å². The molecule has 7 aromatic rings. The molecule has 0 fully saturated rings. The van der Waals surface area contributed by atoms with Gasteiger partial charge in [0.25, 0.3) is 0 Å². The van der Waals surface area contributed by atoms with Gasteiger partial charge < -0.3 is 9.55 Å². The second-order valence-electron chi connectivity index (χ2n) is 12.2. The van der Waals surface area contributed by atoms with Crippen LogP contribution < -0.4 is 10.9 Å². The Morgan fingerprint density at radius 2 is 1.20 bits per heavy atom. The van der Waals surface area contributed by atoms with Gasteiger partial charge in [-0.15, -0.1) is 0 Å². The minimum absolute atomic E-state index is 0.115. The van der Waals surface area contributed by atoms with E-state index in [-0.39, 0.29) is 39.2 Å². The summed E-state index contributed by atoms with van der Waals surface area (Å²) >= 11 is 0. The molecule has 248 valence electrons. The van der Waals surface area contributed by atoms with Crippen molar-refractivity contribution in [3.8, 4) is 0 Å². The van der Waals surface area contributed by atoms with Crippen molar-refractivity contribution in [1.29, 1.82) is 0 Å². The highest BCUT2D eigenvalue weighted by Gasteiger charge is 2.19. The molecule has 9 nitrogen and oxygen atoms in total. The molecule has 2 aromatic carbocycles. The van der Waals surface area contributed by atoms with Crippen LogP contribution in [-0.4, -0.2) is 36.1 Å². The monoisotopic (exact) mass is 661 g/mol. The van der Waals surface area contributed by atoms with Crippen LogP contribution in [0.2, 0.25) is 0 Å². The van der Waals surface area contributed by atoms with Crippen molar-refractivity contribution in [3.63, 3.8) is 0 Å². The highest BCUT2D eigenvalue weighted by Crippen LogP contribution is 2.17. The van der Waals surface area contributed by atoms with Crippen molar-refractivity contribution < 1.29 is 9.59 Å². The van der Waals surface area contributed by atoms with E-state index >= 15 is 0 Å². The average molecular weight is 662 g/mol. The maximum atomic E-state index is 13.1. The summed E-state index contributed by atoms with van der Waals surface area (Å²) in [4.78, 5) is 67.3. The number of rotatable bonds is 6. The number of pyridine rings is 5. The van der Waals surface area contributed by atoms with Gasteiger partial charge in [-0.2, -0.15) is 0 Å². The molecular weight excluding hydrogens is 626 g/mol. The summed E-state index contributed by atoms with van der Waals surface area (Å²) in [6, 6.07) is 27.3. The Hall–Kier alpha value is -6.35. The van der Waals surface area contributed by atoms with Crippen LogP contribution in [0.5, 0.6) is 0 Å². The summed E-state index contributed by atoms with van der Waals surface area (Å²) in [5.74, 6) is -0.722. The minimum Gasteiger partial charge on any atom is -0.360 e. The number of aryl methyl sites for hydroxylation is 5. The minimum atomic E-state index is -0.366.